The molecular formula is C14H8BrCl2N5O. The fourth-order valence-electron chi connectivity index (χ4n) is 1.88. The molecule has 2 heterocycles. The predicted octanol–water partition coefficient (Wildman–Crippen LogP) is 3.98. The number of aromatic nitrogens is 4. The Morgan fingerprint density at radius 1 is 1.26 bits per heavy atom. The van der Waals surface area contributed by atoms with Crippen LogP contribution in [0.15, 0.2) is 47.6 Å². The molecule has 3 aromatic rings. The summed E-state index contributed by atoms with van der Waals surface area (Å²) in [5.41, 5.74) is 1.52. The Labute approximate surface area is 149 Å². The summed E-state index contributed by atoms with van der Waals surface area (Å²) < 4.78 is 2.36. The van der Waals surface area contributed by atoms with Crippen LogP contribution < -0.4 is 5.32 Å². The number of nitrogens with zero attached hydrogens (tertiary/aromatic N) is 4. The van der Waals surface area contributed by atoms with Crippen LogP contribution in [0.4, 0.5) is 5.69 Å². The van der Waals surface area contributed by atoms with Gasteiger partial charge in [-0.25, -0.2) is 14.6 Å². The molecule has 2 aromatic heterocycles. The number of nitrogens with one attached hydrogen (secondary N) is 1. The van der Waals surface area contributed by atoms with Gasteiger partial charge in [-0.3, -0.25) is 4.79 Å². The van der Waals surface area contributed by atoms with Gasteiger partial charge in [0.15, 0.2) is 0 Å². The number of carbonyl (C=O) groups is 1. The van der Waals surface area contributed by atoms with E-state index in [4.69, 9.17) is 23.2 Å². The molecule has 0 radical (unpaired) electrons. The second kappa shape index (κ2) is 6.66. The van der Waals surface area contributed by atoms with Crippen LogP contribution in [0.25, 0.3) is 5.69 Å². The average Bonchev–Trinajstić information content (AvgIpc) is 3.04. The minimum Gasteiger partial charge on any atom is -0.320 e. The zero-order chi connectivity index (χ0) is 16.4. The summed E-state index contributed by atoms with van der Waals surface area (Å²) >= 11 is 15.0. The number of hydrogen-bond donors (Lipinski definition) is 1. The maximum absolute atomic E-state index is 12.4. The Morgan fingerprint density at radius 3 is 2.78 bits per heavy atom. The van der Waals surface area contributed by atoms with Crippen LogP contribution in [-0.4, -0.2) is 25.7 Å². The molecule has 0 unspecified atom stereocenters. The SMILES string of the molecule is O=C(Nc1cc(Br)ccc1-n1cncn1)c1cnc(Cl)c(Cl)c1. The topological polar surface area (TPSA) is 72.7 Å². The van der Waals surface area contributed by atoms with Gasteiger partial charge in [-0.15, -0.1) is 0 Å². The Balaban J connectivity index is 1.94. The first kappa shape index (κ1) is 15.9. The van der Waals surface area contributed by atoms with E-state index in [0.29, 0.717) is 16.9 Å². The lowest BCUT2D eigenvalue weighted by atomic mass is 10.2. The first-order valence-electron chi connectivity index (χ1n) is 6.31. The molecule has 0 bridgehead atoms. The van der Waals surface area contributed by atoms with Gasteiger partial charge in [0.2, 0.25) is 0 Å². The van der Waals surface area contributed by atoms with Crippen molar-refractivity contribution in [3.8, 4) is 5.69 Å². The smallest absolute Gasteiger partial charge is 0.257 e. The summed E-state index contributed by atoms with van der Waals surface area (Å²) in [5, 5.41) is 7.23. The van der Waals surface area contributed by atoms with Crippen LogP contribution in [0, 0.1) is 0 Å². The van der Waals surface area contributed by atoms with Crippen molar-refractivity contribution in [2.75, 3.05) is 5.32 Å². The molecule has 1 aromatic carbocycles. The van der Waals surface area contributed by atoms with Crippen molar-refractivity contribution < 1.29 is 4.79 Å². The second-order valence-corrected chi connectivity index (χ2v) is 6.13. The van der Waals surface area contributed by atoms with Gasteiger partial charge in [0.1, 0.15) is 17.8 Å². The van der Waals surface area contributed by atoms with Crippen LogP contribution in [0.2, 0.25) is 10.2 Å². The molecule has 0 aliphatic rings. The molecule has 0 aliphatic carbocycles. The van der Waals surface area contributed by atoms with E-state index in [1.54, 1.807) is 17.1 Å². The highest BCUT2D eigenvalue weighted by molar-refractivity contribution is 9.10. The van der Waals surface area contributed by atoms with Crippen molar-refractivity contribution in [1.29, 1.82) is 0 Å². The molecule has 0 saturated heterocycles. The molecule has 9 heteroatoms. The van der Waals surface area contributed by atoms with Crippen molar-refractivity contribution in [3.63, 3.8) is 0 Å². The fourth-order valence-corrected chi connectivity index (χ4v) is 2.51. The Bertz CT molecular complexity index is 870. The summed E-state index contributed by atoms with van der Waals surface area (Å²) in [7, 11) is 0. The second-order valence-electron chi connectivity index (χ2n) is 4.45. The molecule has 23 heavy (non-hydrogen) atoms. The maximum atomic E-state index is 12.4. The molecule has 1 N–H and O–H groups in total. The molecule has 3 rings (SSSR count). The van der Waals surface area contributed by atoms with E-state index in [2.05, 4.69) is 36.3 Å². The highest BCUT2D eigenvalue weighted by Gasteiger charge is 2.13. The number of anilines is 1. The molecule has 0 fully saturated rings. The van der Waals surface area contributed by atoms with Crippen molar-refractivity contribution in [2.45, 2.75) is 0 Å². The number of rotatable bonds is 3. The van der Waals surface area contributed by atoms with Crippen LogP contribution in [0.1, 0.15) is 10.4 Å². The van der Waals surface area contributed by atoms with Gasteiger partial charge in [0.05, 0.1) is 22.0 Å². The predicted molar refractivity (Wildman–Crippen MR) is 91.3 cm³/mol. The largest absolute Gasteiger partial charge is 0.320 e. The third kappa shape index (κ3) is 3.52. The van der Waals surface area contributed by atoms with Gasteiger partial charge in [0, 0.05) is 10.7 Å². The summed E-state index contributed by atoms with van der Waals surface area (Å²) in [6, 6.07) is 6.87. The lowest BCUT2D eigenvalue weighted by Gasteiger charge is -2.11. The number of pyridine rings is 1. The molecule has 116 valence electrons. The zero-order valence-electron chi connectivity index (χ0n) is 11.4. The first-order valence-corrected chi connectivity index (χ1v) is 7.86. The van der Waals surface area contributed by atoms with Gasteiger partial charge in [-0.05, 0) is 24.3 Å². The molecule has 6 nitrogen and oxygen atoms in total. The van der Waals surface area contributed by atoms with Crippen LogP contribution in [-0.2, 0) is 0 Å². The molecule has 0 spiro atoms. The Morgan fingerprint density at radius 2 is 2.09 bits per heavy atom. The van der Waals surface area contributed by atoms with E-state index in [1.807, 2.05) is 12.1 Å². The lowest BCUT2D eigenvalue weighted by Crippen LogP contribution is -2.14. The van der Waals surface area contributed by atoms with E-state index >= 15 is 0 Å². The molecule has 1 amide bonds. The van der Waals surface area contributed by atoms with Crippen molar-refractivity contribution in [3.05, 3.63) is 63.3 Å². The number of carbonyl (C=O) groups excluding carboxylic acids is 1. The zero-order valence-corrected chi connectivity index (χ0v) is 14.5. The highest BCUT2D eigenvalue weighted by Crippen LogP contribution is 2.25. The summed E-state index contributed by atoms with van der Waals surface area (Å²) in [5.74, 6) is -0.365. The maximum Gasteiger partial charge on any atom is 0.257 e. The van der Waals surface area contributed by atoms with E-state index in [1.165, 1.54) is 18.6 Å². The standard InChI is InChI=1S/C14H8BrCl2N5O/c15-9-1-2-12(22-7-18-6-20-22)11(4-9)21-14(23)8-3-10(16)13(17)19-5-8/h1-7H,(H,21,23). The third-order valence-corrected chi connectivity index (χ3v) is 4.11. The Hall–Kier alpha value is -1.96. The van der Waals surface area contributed by atoms with Gasteiger partial charge in [0.25, 0.3) is 5.91 Å². The average molecular weight is 413 g/mol. The monoisotopic (exact) mass is 411 g/mol. The summed E-state index contributed by atoms with van der Waals surface area (Å²) in [6.45, 7) is 0. The van der Waals surface area contributed by atoms with E-state index in [-0.39, 0.29) is 16.1 Å². The molecule has 0 atom stereocenters. The van der Waals surface area contributed by atoms with Crippen LogP contribution in [0.5, 0.6) is 0 Å². The van der Waals surface area contributed by atoms with Gasteiger partial charge < -0.3 is 5.32 Å². The highest BCUT2D eigenvalue weighted by atomic mass is 79.9. The first-order chi connectivity index (χ1) is 11.0. The van der Waals surface area contributed by atoms with Gasteiger partial charge >= 0.3 is 0 Å². The normalized spacial score (nSPS) is 10.6. The minimum absolute atomic E-state index is 0.147. The lowest BCUT2D eigenvalue weighted by molar-refractivity contribution is 0.102. The molecular weight excluding hydrogens is 405 g/mol. The number of benzene rings is 1. The van der Waals surface area contributed by atoms with Gasteiger partial charge in [-0.1, -0.05) is 39.1 Å². The van der Waals surface area contributed by atoms with Gasteiger partial charge in [-0.2, -0.15) is 5.10 Å². The van der Waals surface area contributed by atoms with Crippen LogP contribution >= 0.6 is 39.1 Å². The van der Waals surface area contributed by atoms with E-state index in [0.717, 1.165) is 4.47 Å². The number of halogens is 3. The van der Waals surface area contributed by atoms with E-state index in [9.17, 15) is 4.79 Å². The van der Waals surface area contributed by atoms with Crippen molar-refractivity contribution in [2.24, 2.45) is 0 Å². The number of hydrogen-bond acceptors (Lipinski definition) is 4. The molecule has 0 aliphatic heterocycles. The van der Waals surface area contributed by atoms with E-state index < -0.39 is 0 Å². The van der Waals surface area contributed by atoms with Crippen LogP contribution in [0.3, 0.4) is 0 Å². The number of amides is 1. The quantitative estimate of drug-likeness (QED) is 0.660. The Kier molecular flexibility index (Phi) is 4.61. The van der Waals surface area contributed by atoms with Crippen molar-refractivity contribution in [1.82, 2.24) is 19.7 Å². The summed E-state index contributed by atoms with van der Waals surface area (Å²) in [4.78, 5) is 20.2. The molecule has 0 saturated carbocycles. The summed E-state index contributed by atoms with van der Waals surface area (Å²) in [6.07, 6.45) is 4.31. The third-order valence-electron chi connectivity index (χ3n) is 2.93. The minimum atomic E-state index is -0.365. The van der Waals surface area contributed by atoms with Crippen molar-refractivity contribution >= 4 is 50.7 Å². The fraction of sp³-hybridized carbons (Fsp3) is 0.